The van der Waals surface area contributed by atoms with Crippen LogP contribution in [-0.2, 0) is 11.2 Å². The number of nitrogens with zero attached hydrogens (tertiary/aromatic N) is 3. The monoisotopic (exact) mass is 453 g/mol. The van der Waals surface area contributed by atoms with E-state index in [9.17, 15) is 4.79 Å². The Kier molecular flexibility index (Phi) is 7.46. The summed E-state index contributed by atoms with van der Waals surface area (Å²) in [6.45, 7) is 3.75. The predicted molar refractivity (Wildman–Crippen MR) is 129 cm³/mol. The van der Waals surface area contributed by atoms with Crippen LogP contribution in [0.25, 0.3) is 11.0 Å². The zero-order valence-corrected chi connectivity index (χ0v) is 19.5. The fraction of sp³-hybridized carbons (Fsp3) is 0.400. The fourth-order valence-corrected chi connectivity index (χ4v) is 5.42. The molecule has 2 heterocycles. The highest BCUT2D eigenvalue weighted by molar-refractivity contribution is 8.00. The Morgan fingerprint density at radius 3 is 2.42 bits per heavy atom. The van der Waals surface area contributed by atoms with Crippen molar-refractivity contribution in [3.63, 3.8) is 0 Å². The van der Waals surface area contributed by atoms with Crippen LogP contribution in [0.5, 0.6) is 0 Å². The number of hydrogen-bond acceptors (Lipinski definition) is 4. The minimum atomic E-state index is -0.329. The largest absolute Gasteiger partial charge is 0.341 e. The van der Waals surface area contributed by atoms with Crippen LogP contribution in [0.15, 0.2) is 53.6 Å². The standard InChI is InChI=1S/C25H28ClN3OS/c1-2-20-24(28-21-14-13-19(26)17-22(21)27-20)31-23(18-11-7-6-8-12-18)25(30)29-15-9-4-3-5-10-16-29/h6-8,11-14,17,23H,2-5,9-10,15-16H2,1H3. The van der Waals surface area contributed by atoms with Crippen molar-refractivity contribution < 1.29 is 4.79 Å². The molecule has 0 spiro atoms. The molecule has 1 atom stereocenters. The zero-order chi connectivity index (χ0) is 21.6. The van der Waals surface area contributed by atoms with Crippen LogP contribution >= 0.6 is 23.4 Å². The lowest BCUT2D eigenvalue weighted by Gasteiger charge is -2.29. The summed E-state index contributed by atoms with van der Waals surface area (Å²) in [5.41, 5.74) is 3.51. The molecule has 0 N–H and O–H groups in total. The van der Waals surface area contributed by atoms with E-state index in [-0.39, 0.29) is 11.2 Å². The van der Waals surface area contributed by atoms with Crippen LogP contribution in [-0.4, -0.2) is 33.9 Å². The van der Waals surface area contributed by atoms with E-state index in [0.29, 0.717) is 5.02 Å². The third-order valence-corrected chi connectivity index (χ3v) is 7.22. The predicted octanol–water partition coefficient (Wildman–Crippen LogP) is 6.47. The first-order valence-corrected chi connectivity index (χ1v) is 12.4. The molecule has 0 aliphatic carbocycles. The molecule has 0 saturated carbocycles. The van der Waals surface area contributed by atoms with Crippen molar-refractivity contribution in [2.24, 2.45) is 0 Å². The Morgan fingerprint density at radius 1 is 1.00 bits per heavy atom. The molecule has 3 aromatic rings. The van der Waals surface area contributed by atoms with Gasteiger partial charge in [0.2, 0.25) is 5.91 Å². The molecular formula is C25H28ClN3OS. The van der Waals surface area contributed by atoms with E-state index in [1.807, 2.05) is 48.5 Å². The molecule has 162 valence electrons. The Morgan fingerprint density at radius 2 is 1.71 bits per heavy atom. The van der Waals surface area contributed by atoms with Gasteiger partial charge in [-0.3, -0.25) is 4.79 Å². The van der Waals surface area contributed by atoms with Gasteiger partial charge in [0.15, 0.2) is 0 Å². The number of thioether (sulfide) groups is 1. The van der Waals surface area contributed by atoms with E-state index in [1.165, 1.54) is 31.0 Å². The zero-order valence-electron chi connectivity index (χ0n) is 17.9. The lowest BCUT2D eigenvalue weighted by atomic mass is 10.1. The van der Waals surface area contributed by atoms with E-state index in [1.54, 1.807) is 0 Å². The van der Waals surface area contributed by atoms with Gasteiger partial charge in [-0.05, 0) is 43.0 Å². The van der Waals surface area contributed by atoms with Gasteiger partial charge in [-0.1, -0.05) is 79.9 Å². The van der Waals surface area contributed by atoms with E-state index < -0.39 is 0 Å². The summed E-state index contributed by atoms with van der Waals surface area (Å²) in [6.07, 6.45) is 6.58. The fourth-order valence-electron chi connectivity index (χ4n) is 4.01. The number of aryl methyl sites for hydroxylation is 1. The van der Waals surface area contributed by atoms with Crippen LogP contribution < -0.4 is 0 Å². The van der Waals surface area contributed by atoms with Gasteiger partial charge in [-0.25, -0.2) is 9.97 Å². The minimum Gasteiger partial charge on any atom is -0.341 e. The molecule has 1 fully saturated rings. The second kappa shape index (κ2) is 10.5. The molecule has 4 rings (SSSR count). The van der Waals surface area contributed by atoms with Crippen LogP contribution in [0, 0.1) is 0 Å². The topological polar surface area (TPSA) is 46.1 Å². The number of rotatable bonds is 5. The molecule has 1 aliphatic rings. The summed E-state index contributed by atoms with van der Waals surface area (Å²) < 4.78 is 0. The number of hydrogen-bond donors (Lipinski definition) is 0. The number of carbonyl (C=O) groups excluding carboxylic acids is 1. The van der Waals surface area contributed by atoms with Gasteiger partial charge in [0.25, 0.3) is 0 Å². The van der Waals surface area contributed by atoms with Crippen molar-refractivity contribution in [2.75, 3.05) is 13.1 Å². The smallest absolute Gasteiger partial charge is 0.240 e. The molecule has 1 unspecified atom stereocenters. The summed E-state index contributed by atoms with van der Waals surface area (Å²) in [4.78, 5) is 25.5. The van der Waals surface area contributed by atoms with Crippen molar-refractivity contribution >= 4 is 40.3 Å². The molecule has 1 amide bonds. The quantitative estimate of drug-likeness (QED) is 0.415. The number of halogens is 1. The summed E-state index contributed by atoms with van der Waals surface area (Å²) in [5, 5.41) is 1.15. The summed E-state index contributed by atoms with van der Waals surface area (Å²) in [7, 11) is 0. The van der Waals surface area contributed by atoms with Crippen molar-refractivity contribution in [3.8, 4) is 0 Å². The average Bonchev–Trinajstić information content (AvgIpc) is 2.77. The van der Waals surface area contributed by atoms with Crippen molar-refractivity contribution in [2.45, 2.75) is 55.7 Å². The highest BCUT2D eigenvalue weighted by atomic mass is 35.5. The molecule has 6 heteroatoms. The average molecular weight is 454 g/mol. The third-order valence-electron chi connectivity index (χ3n) is 5.72. The number of aromatic nitrogens is 2. The normalized spacial score (nSPS) is 16.0. The van der Waals surface area contributed by atoms with E-state index in [4.69, 9.17) is 21.6 Å². The van der Waals surface area contributed by atoms with Gasteiger partial charge in [0, 0.05) is 18.1 Å². The molecule has 0 radical (unpaired) electrons. The number of carbonyl (C=O) groups is 1. The van der Waals surface area contributed by atoms with Crippen LogP contribution in [0.2, 0.25) is 5.02 Å². The van der Waals surface area contributed by atoms with Crippen molar-refractivity contribution in [1.82, 2.24) is 14.9 Å². The van der Waals surface area contributed by atoms with E-state index in [0.717, 1.165) is 59.7 Å². The molecule has 4 nitrogen and oxygen atoms in total. The van der Waals surface area contributed by atoms with Gasteiger partial charge < -0.3 is 4.90 Å². The third kappa shape index (κ3) is 5.39. The Balaban J connectivity index is 1.69. The lowest BCUT2D eigenvalue weighted by Crippen LogP contribution is -2.36. The van der Waals surface area contributed by atoms with Gasteiger partial charge in [-0.15, -0.1) is 0 Å². The number of benzene rings is 2. The molecule has 2 aromatic carbocycles. The van der Waals surface area contributed by atoms with E-state index >= 15 is 0 Å². The van der Waals surface area contributed by atoms with Crippen LogP contribution in [0.3, 0.4) is 0 Å². The SMILES string of the molecule is CCc1nc2cc(Cl)ccc2nc1SC(C(=O)N1CCCCCCC1)c1ccccc1. The first-order chi connectivity index (χ1) is 15.2. The first-order valence-electron chi connectivity index (χ1n) is 11.1. The Bertz CT molecular complexity index is 1040. The van der Waals surface area contributed by atoms with Gasteiger partial charge >= 0.3 is 0 Å². The Labute approximate surface area is 193 Å². The molecule has 0 bridgehead atoms. The highest BCUT2D eigenvalue weighted by Crippen LogP contribution is 2.38. The summed E-state index contributed by atoms with van der Waals surface area (Å²) in [6, 6.07) is 15.6. The van der Waals surface area contributed by atoms with Crippen LogP contribution in [0.1, 0.15) is 55.5 Å². The molecule has 1 aromatic heterocycles. The highest BCUT2D eigenvalue weighted by Gasteiger charge is 2.28. The maximum atomic E-state index is 13.7. The van der Waals surface area contributed by atoms with Crippen LogP contribution in [0.4, 0.5) is 0 Å². The van der Waals surface area contributed by atoms with Gasteiger partial charge in [0.1, 0.15) is 10.3 Å². The van der Waals surface area contributed by atoms with Gasteiger partial charge in [0.05, 0.1) is 16.7 Å². The molecule has 1 aliphatic heterocycles. The molecule has 31 heavy (non-hydrogen) atoms. The maximum absolute atomic E-state index is 13.7. The molecular weight excluding hydrogens is 426 g/mol. The lowest BCUT2D eigenvalue weighted by molar-refractivity contribution is -0.131. The first kappa shape index (κ1) is 22.1. The van der Waals surface area contributed by atoms with E-state index in [2.05, 4.69) is 11.8 Å². The second-order valence-electron chi connectivity index (χ2n) is 7.96. The maximum Gasteiger partial charge on any atom is 0.240 e. The second-order valence-corrected chi connectivity index (χ2v) is 9.49. The van der Waals surface area contributed by atoms with Crippen molar-refractivity contribution in [3.05, 3.63) is 64.8 Å². The number of amides is 1. The Hall–Kier alpha value is -2.11. The van der Waals surface area contributed by atoms with Crippen molar-refractivity contribution in [1.29, 1.82) is 0 Å². The van der Waals surface area contributed by atoms with Gasteiger partial charge in [-0.2, -0.15) is 0 Å². The number of likely N-dealkylation sites (tertiary alicyclic amines) is 1. The summed E-state index contributed by atoms with van der Waals surface area (Å²) in [5.74, 6) is 0.179. The molecule has 1 saturated heterocycles. The number of fused-ring (bicyclic) bond motifs is 1. The minimum absolute atomic E-state index is 0.179. The summed E-state index contributed by atoms with van der Waals surface area (Å²) >= 11 is 7.68.